The summed E-state index contributed by atoms with van der Waals surface area (Å²) in [5, 5.41) is 0.922. The number of Topliss-reactive ketones (excluding diaryl/α,β-unsaturated/α-hetero) is 1. The number of nitrogens with zero attached hydrogens (tertiary/aromatic N) is 2. The maximum atomic E-state index is 11.9. The van der Waals surface area contributed by atoms with Gasteiger partial charge in [-0.25, -0.2) is 9.97 Å². The van der Waals surface area contributed by atoms with Gasteiger partial charge in [-0.3, -0.25) is 4.79 Å². The van der Waals surface area contributed by atoms with Gasteiger partial charge in [0.05, 0.1) is 16.7 Å². The van der Waals surface area contributed by atoms with E-state index in [1.807, 2.05) is 52.0 Å². The van der Waals surface area contributed by atoms with Gasteiger partial charge in [0.2, 0.25) is 0 Å². The molecule has 0 spiro atoms. The first-order valence-electron chi connectivity index (χ1n) is 6.77. The second kappa shape index (κ2) is 5.92. The number of hydrogen-bond acceptors (Lipinski definition) is 4. The molecule has 2 aromatic rings. The first-order chi connectivity index (χ1) is 9.38. The summed E-state index contributed by atoms with van der Waals surface area (Å²) in [5.74, 6) is 1.04. The van der Waals surface area contributed by atoms with Crippen LogP contribution in [-0.4, -0.2) is 21.5 Å². The Kier molecular flexibility index (Phi) is 4.43. The van der Waals surface area contributed by atoms with Crippen molar-refractivity contribution in [2.45, 2.75) is 39.1 Å². The molecule has 0 aliphatic rings. The predicted octanol–water partition coefficient (Wildman–Crippen LogP) is 4.04. The summed E-state index contributed by atoms with van der Waals surface area (Å²) >= 11 is 1.61. The Balaban J connectivity index is 2.07. The van der Waals surface area contributed by atoms with Crippen molar-refractivity contribution in [3.05, 3.63) is 30.0 Å². The summed E-state index contributed by atoms with van der Waals surface area (Å²) in [5.41, 5.74) is 2.49. The van der Waals surface area contributed by atoms with Gasteiger partial charge in [-0.05, 0) is 19.1 Å². The highest BCUT2D eigenvalue weighted by Gasteiger charge is 2.20. The van der Waals surface area contributed by atoms with Crippen molar-refractivity contribution < 1.29 is 4.79 Å². The van der Waals surface area contributed by atoms with Crippen LogP contribution in [0.5, 0.6) is 0 Å². The third-order valence-electron chi connectivity index (χ3n) is 3.11. The van der Waals surface area contributed by atoms with Crippen molar-refractivity contribution in [1.82, 2.24) is 9.97 Å². The molecule has 2 rings (SSSR count). The summed E-state index contributed by atoms with van der Waals surface area (Å²) < 4.78 is 0. The molecule has 0 atom stereocenters. The first kappa shape index (κ1) is 15.0. The molecular weight excluding hydrogens is 268 g/mol. The van der Waals surface area contributed by atoms with Gasteiger partial charge >= 0.3 is 0 Å². The molecule has 0 aliphatic carbocycles. The fourth-order valence-corrected chi connectivity index (χ4v) is 2.72. The number of ketones is 1. The number of rotatable bonds is 4. The molecule has 3 nitrogen and oxygen atoms in total. The van der Waals surface area contributed by atoms with E-state index in [-0.39, 0.29) is 11.2 Å². The van der Waals surface area contributed by atoms with Crippen LogP contribution in [0.15, 0.2) is 29.3 Å². The third-order valence-corrected chi connectivity index (χ3v) is 4.17. The molecule has 0 unspecified atom stereocenters. The molecule has 1 aromatic heterocycles. The topological polar surface area (TPSA) is 42.9 Å². The summed E-state index contributed by atoms with van der Waals surface area (Å²) in [6.45, 7) is 7.84. The van der Waals surface area contributed by atoms with Gasteiger partial charge < -0.3 is 0 Å². The van der Waals surface area contributed by atoms with E-state index in [9.17, 15) is 4.79 Å². The number of thioether (sulfide) groups is 1. The van der Waals surface area contributed by atoms with E-state index in [1.54, 1.807) is 11.8 Å². The number of hydrogen-bond donors (Lipinski definition) is 0. The highest BCUT2D eigenvalue weighted by Crippen LogP contribution is 2.24. The van der Waals surface area contributed by atoms with E-state index in [2.05, 4.69) is 9.97 Å². The van der Waals surface area contributed by atoms with Crippen LogP contribution < -0.4 is 0 Å². The standard InChI is InChI=1S/C16H20N2OS/c1-11-15(20-10-9-14(19)16(2,3)4)18-13-8-6-5-7-12(13)17-11/h5-8H,9-10H2,1-4H3. The summed E-state index contributed by atoms with van der Waals surface area (Å²) in [6, 6.07) is 7.86. The fourth-order valence-electron chi connectivity index (χ4n) is 1.82. The van der Waals surface area contributed by atoms with Crippen LogP contribution in [-0.2, 0) is 4.79 Å². The lowest BCUT2D eigenvalue weighted by molar-refractivity contribution is -0.125. The van der Waals surface area contributed by atoms with Crippen LogP contribution in [0.2, 0.25) is 0 Å². The minimum Gasteiger partial charge on any atom is -0.299 e. The molecule has 0 radical (unpaired) electrons. The molecule has 0 aliphatic heterocycles. The average Bonchev–Trinajstić information content (AvgIpc) is 2.38. The normalized spacial score (nSPS) is 11.8. The first-order valence-corrected chi connectivity index (χ1v) is 7.76. The third kappa shape index (κ3) is 3.57. The molecule has 0 N–H and O–H groups in total. The van der Waals surface area contributed by atoms with Crippen molar-refractivity contribution in [2.75, 3.05) is 5.75 Å². The van der Waals surface area contributed by atoms with Crippen molar-refractivity contribution in [2.24, 2.45) is 5.41 Å². The summed E-state index contributed by atoms with van der Waals surface area (Å²) in [4.78, 5) is 21.1. The molecule has 1 aromatic carbocycles. The maximum Gasteiger partial charge on any atom is 0.139 e. The average molecular weight is 288 g/mol. The molecule has 0 saturated carbocycles. The van der Waals surface area contributed by atoms with Gasteiger partial charge in [0.15, 0.2) is 0 Å². The van der Waals surface area contributed by atoms with Crippen molar-refractivity contribution in [3.8, 4) is 0 Å². The van der Waals surface area contributed by atoms with E-state index in [0.29, 0.717) is 6.42 Å². The Hall–Kier alpha value is -1.42. The molecule has 4 heteroatoms. The van der Waals surface area contributed by atoms with E-state index >= 15 is 0 Å². The summed E-state index contributed by atoms with van der Waals surface area (Å²) in [7, 11) is 0. The number of fused-ring (bicyclic) bond motifs is 1. The molecule has 0 bridgehead atoms. The van der Waals surface area contributed by atoms with Crippen LogP contribution in [0.25, 0.3) is 11.0 Å². The lowest BCUT2D eigenvalue weighted by atomic mass is 9.89. The minimum absolute atomic E-state index is 0.259. The lowest BCUT2D eigenvalue weighted by Crippen LogP contribution is -2.20. The largest absolute Gasteiger partial charge is 0.299 e. The molecule has 106 valence electrons. The number of carbonyl (C=O) groups is 1. The lowest BCUT2D eigenvalue weighted by Gasteiger charge is -2.16. The van der Waals surface area contributed by atoms with Gasteiger partial charge in [0.25, 0.3) is 0 Å². The fraction of sp³-hybridized carbons (Fsp3) is 0.438. The van der Waals surface area contributed by atoms with Gasteiger partial charge in [-0.1, -0.05) is 32.9 Å². The number of aryl methyl sites for hydroxylation is 1. The van der Waals surface area contributed by atoms with E-state index in [0.717, 1.165) is 27.5 Å². The highest BCUT2D eigenvalue weighted by atomic mass is 32.2. The van der Waals surface area contributed by atoms with Gasteiger partial charge in [0, 0.05) is 17.6 Å². The van der Waals surface area contributed by atoms with E-state index in [1.165, 1.54) is 0 Å². The molecule has 1 heterocycles. The van der Waals surface area contributed by atoms with Crippen LogP contribution in [0, 0.1) is 12.3 Å². The SMILES string of the molecule is Cc1nc2ccccc2nc1SCCC(=O)C(C)(C)C. The minimum atomic E-state index is -0.259. The molecule has 0 saturated heterocycles. The Bertz CT molecular complexity index is 632. The Labute approximate surface area is 124 Å². The molecule has 0 amide bonds. The van der Waals surface area contributed by atoms with Crippen molar-refractivity contribution >= 4 is 28.6 Å². The zero-order chi connectivity index (χ0) is 14.8. The number of benzene rings is 1. The van der Waals surface area contributed by atoms with Crippen LogP contribution >= 0.6 is 11.8 Å². The maximum absolute atomic E-state index is 11.9. The monoisotopic (exact) mass is 288 g/mol. The van der Waals surface area contributed by atoms with Crippen LogP contribution in [0.3, 0.4) is 0 Å². The Morgan fingerprint density at radius 3 is 2.35 bits per heavy atom. The van der Waals surface area contributed by atoms with E-state index < -0.39 is 0 Å². The predicted molar refractivity (Wildman–Crippen MR) is 84.1 cm³/mol. The molecule has 0 fully saturated rings. The number of carbonyl (C=O) groups excluding carboxylic acids is 1. The van der Waals surface area contributed by atoms with E-state index in [4.69, 9.17) is 0 Å². The number of aromatic nitrogens is 2. The number of para-hydroxylation sites is 2. The second-order valence-corrected chi connectivity index (χ2v) is 6.96. The zero-order valence-electron chi connectivity index (χ0n) is 12.4. The van der Waals surface area contributed by atoms with Gasteiger partial charge in [-0.2, -0.15) is 0 Å². The van der Waals surface area contributed by atoms with Gasteiger partial charge in [-0.15, -0.1) is 11.8 Å². The second-order valence-electron chi connectivity index (χ2n) is 5.87. The van der Waals surface area contributed by atoms with Crippen molar-refractivity contribution in [1.29, 1.82) is 0 Å². The van der Waals surface area contributed by atoms with Gasteiger partial charge in [0.1, 0.15) is 10.8 Å². The quantitative estimate of drug-likeness (QED) is 0.796. The highest BCUT2D eigenvalue weighted by molar-refractivity contribution is 7.99. The summed E-state index contributed by atoms with van der Waals surface area (Å²) in [6.07, 6.45) is 0.572. The zero-order valence-corrected chi connectivity index (χ0v) is 13.3. The Morgan fingerprint density at radius 2 is 1.75 bits per heavy atom. The molecule has 20 heavy (non-hydrogen) atoms. The smallest absolute Gasteiger partial charge is 0.139 e. The Morgan fingerprint density at radius 1 is 1.15 bits per heavy atom. The molecular formula is C16H20N2OS. The van der Waals surface area contributed by atoms with Crippen molar-refractivity contribution in [3.63, 3.8) is 0 Å². The van der Waals surface area contributed by atoms with Crippen LogP contribution in [0.1, 0.15) is 32.9 Å². The van der Waals surface area contributed by atoms with Crippen LogP contribution in [0.4, 0.5) is 0 Å².